The van der Waals surface area contributed by atoms with Crippen LogP contribution in [-0.4, -0.2) is 23.1 Å². The molecule has 0 rings (SSSR count). The third kappa shape index (κ3) is 36.5. The van der Waals surface area contributed by atoms with Crippen molar-refractivity contribution in [2.24, 2.45) is 0 Å². The summed E-state index contributed by atoms with van der Waals surface area (Å²) in [5.41, 5.74) is 0. The zero-order valence-corrected chi connectivity index (χ0v) is 28.8. The van der Waals surface area contributed by atoms with E-state index in [-0.39, 0.29) is 12.1 Å². The highest BCUT2D eigenvalue weighted by Gasteiger charge is 2.09. The fourth-order valence-corrected chi connectivity index (χ4v) is 5.61. The highest BCUT2D eigenvalue weighted by Crippen LogP contribution is 2.15. The van der Waals surface area contributed by atoms with Crippen LogP contribution in [0, 0.1) is 0 Å². The maximum Gasteiger partial charge on any atom is 0.306 e. The molecule has 0 aliphatic heterocycles. The van der Waals surface area contributed by atoms with Crippen LogP contribution in [0.1, 0.15) is 206 Å². The molecular formula is C39H72O4. The van der Waals surface area contributed by atoms with Gasteiger partial charge < -0.3 is 9.84 Å². The van der Waals surface area contributed by atoms with Crippen LogP contribution >= 0.6 is 0 Å². The van der Waals surface area contributed by atoms with Gasteiger partial charge in [0.05, 0.1) is 6.10 Å². The molecule has 0 saturated carbocycles. The number of hydrogen-bond donors (Lipinski definition) is 1. The Morgan fingerprint density at radius 1 is 0.535 bits per heavy atom. The van der Waals surface area contributed by atoms with Crippen molar-refractivity contribution in [1.29, 1.82) is 0 Å². The van der Waals surface area contributed by atoms with Crippen molar-refractivity contribution in [1.82, 2.24) is 0 Å². The van der Waals surface area contributed by atoms with Crippen molar-refractivity contribution in [3.63, 3.8) is 0 Å². The number of hydrogen-bond acceptors (Lipinski definition) is 3. The standard InChI is InChI=1S/C39H72O4/c1-3-4-5-6-7-8-9-10-11-12-13-14-15-16-21-24-27-30-33-36-39(42)43-37(2)34-31-28-25-22-19-17-18-20-23-26-29-32-35-38(40)41/h7-8,10-11,37H,3-6,9,12-36H2,1-2H3,(H,40,41)/b8-7-,11-10-. The number of carboxylic acids is 1. The predicted molar refractivity (Wildman–Crippen MR) is 186 cm³/mol. The summed E-state index contributed by atoms with van der Waals surface area (Å²) < 4.78 is 5.63. The Balaban J connectivity index is 3.33. The van der Waals surface area contributed by atoms with Gasteiger partial charge in [0.2, 0.25) is 0 Å². The molecule has 252 valence electrons. The molecule has 4 nitrogen and oxygen atoms in total. The van der Waals surface area contributed by atoms with E-state index in [0.29, 0.717) is 12.8 Å². The molecule has 0 aliphatic carbocycles. The van der Waals surface area contributed by atoms with E-state index in [0.717, 1.165) is 44.9 Å². The van der Waals surface area contributed by atoms with E-state index in [2.05, 4.69) is 31.2 Å². The number of carbonyl (C=O) groups excluding carboxylic acids is 1. The molecule has 0 aromatic heterocycles. The first-order valence-electron chi connectivity index (χ1n) is 18.8. The lowest BCUT2D eigenvalue weighted by atomic mass is 10.0. The maximum absolute atomic E-state index is 12.1. The number of carbonyl (C=O) groups is 2. The first-order valence-corrected chi connectivity index (χ1v) is 18.8. The van der Waals surface area contributed by atoms with Gasteiger partial charge in [-0.3, -0.25) is 9.59 Å². The summed E-state index contributed by atoms with van der Waals surface area (Å²) in [7, 11) is 0. The SMILES string of the molecule is CCCCC/C=C\C/C=C\CCCCCCCCCCCC(=O)OC(C)CCCCCCCCCCCCCCC(=O)O. The normalized spacial score (nSPS) is 12.4. The molecule has 0 heterocycles. The molecular weight excluding hydrogens is 532 g/mol. The summed E-state index contributed by atoms with van der Waals surface area (Å²) in [5.74, 6) is -0.680. The summed E-state index contributed by atoms with van der Waals surface area (Å²) in [6.45, 7) is 4.30. The molecule has 0 radical (unpaired) electrons. The quantitative estimate of drug-likeness (QED) is 0.0451. The number of rotatable bonds is 34. The minimum atomic E-state index is -0.672. The zero-order valence-electron chi connectivity index (χ0n) is 28.8. The van der Waals surface area contributed by atoms with Crippen LogP contribution in [0.25, 0.3) is 0 Å². The van der Waals surface area contributed by atoms with E-state index in [1.54, 1.807) is 0 Å². The largest absolute Gasteiger partial charge is 0.481 e. The fraction of sp³-hybridized carbons (Fsp3) is 0.846. The Morgan fingerprint density at radius 2 is 0.930 bits per heavy atom. The number of aliphatic carboxylic acids is 1. The zero-order chi connectivity index (χ0) is 31.5. The summed E-state index contributed by atoms with van der Waals surface area (Å²) in [6, 6.07) is 0. The van der Waals surface area contributed by atoms with Crippen LogP contribution in [0.3, 0.4) is 0 Å². The van der Waals surface area contributed by atoms with Crippen molar-refractivity contribution in [3.05, 3.63) is 24.3 Å². The average Bonchev–Trinajstić information content (AvgIpc) is 2.98. The highest BCUT2D eigenvalue weighted by molar-refractivity contribution is 5.69. The summed E-state index contributed by atoms with van der Waals surface area (Å²) in [4.78, 5) is 22.6. The van der Waals surface area contributed by atoms with Crippen molar-refractivity contribution in [3.8, 4) is 0 Å². The van der Waals surface area contributed by atoms with Gasteiger partial charge in [-0.15, -0.1) is 0 Å². The van der Waals surface area contributed by atoms with Crippen LogP contribution in [0.2, 0.25) is 0 Å². The van der Waals surface area contributed by atoms with Crippen LogP contribution in [0.5, 0.6) is 0 Å². The first-order chi connectivity index (χ1) is 21.1. The molecule has 0 bridgehead atoms. The molecule has 1 N–H and O–H groups in total. The van der Waals surface area contributed by atoms with E-state index in [4.69, 9.17) is 9.84 Å². The van der Waals surface area contributed by atoms with E-state index in [1.165, 1.54) is 135 Å². The Bertz CT molecular complexity index is 654. The molecule has 0 amide bonds. The van der Waals surface area contributed by atoms with Crippen molar-refractivity contribution in [2.45, 2.75) is 213 Å². The molecule has 0 fully saturated rings. The van der Waals surface area contributed by atoms with Gasteiger partial charge in [0, 0.05) is 12.8 Å². The van der Waals surface area contributed by atoms with Gasteiger partial charge in [-0.25, -0.2) is 0 Å². The molecule has 0 aromatic carbocycles. The smallest absolute Gasteiger partial charge is 0.306 e. The third-order valence-electron chi connectivity index (χ3n) is 8.42. The topological polar surface area (TPSA) is 63.6 Å². The van der Waals surface area contributed by atoms with E-state index in [1.807, 2.05) is 6.92 Å². The van der Waals surface area contributed by atoms with Gasteiger partial charge in [0.1, 0.15) is 0 Å². The van der Waals surface area contributed by atoms with Gasteiger partial charge in [-0.05, 0) is 64.7 Å². The average molecular weight is 605 g/mol. The third-order valence-corrected chi connectivity index (χ3v) is 8.42. The van der Waals surface area contributed by atoms with Crippen molar-refractivity contribution >= 4 is 11.9 Å². The second kappa shape index (κ2) is 34.9. The van der Waals surface area contributed by atoms with Gasteiger partial charge in [-0.1, -0.05) is 153 Å². The molecule has 0 aliphatic rings. The second-order valence-electron chi connectivity index (χ2n) is 12.9. The Labute approximate surface area is 267 Å². The van der Waals surface area contributed by atoms with Gasteiger partial charge in [0.25, 0.3) is 0 Å². The number of carboxylic acid groups (broad SMARTS) is 1. The van der Waals surface area contributed by atoms with Gasteiger partial charge in [0.15, 0.2) is 0 Å². The van der Waals surface area contributed by atoms with Crippen LogP contribution < -0.4 is 0 Å². The lowest BCUT2D eigenvalue weighted by Crippen LogP contribution is -2.14. The Kier molecular flexibility index (Phi) is 33.6. The summed E-state index contributed by atoms with van der Waals surface area (Å²) in [5, 5.41) is 8.64. The number of unbranched alkanes of at least 4 members (excludes halogenated alkanes) is 23. The highest BCUT2D eigenvalue weighted by atomic mass is 16.5. The first kappa shape index (κ1) is 41.4. The fourth-order valence-electron chi connectivity index (χ4n) is 5.61. The summed E-state index contributed by atoms with van der Waals surface area (Å²) >= 11 is 0. The van der Waals surface area contributed by atoms with Crippen molar-refractivity contribution in [2.75, 3.05) is 0 Å². The second-order valence-corrected chi connectivity index (χ2v) is 12.9. The van der Waals surface area contributed by atoms with Crippen LogP contribution in [0.4, 0.5) is 0 Å². The van der Waals surface area contributed by atoms with Crippen molar-refractivity contribution < 1.29 is 19.4 Å². The molecule has 1 unspecified atom stereocenters. The maximum atomic E-state index is 12.1. The van der Waals surface area contributed by atoms with Crippen LogP contribution in [0.15, 0.2) is 24.3 Å². The molecule has 0 aromatic rings. The van der Waals surface area contributed by atoms with Gasteiger partial charge >= 0.3 is 11.9 Å². The molecule has 0 saturated heterocycles. The predicted octanol–water partition coefficient (Wildman–Crippen LogP) is 12.8. The number of esters is 1. The number of allylic oxidation sites excluding steroid dienone is 4. The molecule has 1 atom stereocenters. The Morgan fingerprint density at radius 3 is 1.40 bits per heavy atom. The molecule has 0 spiro atoms. The van der Waals surface area contributed by atoms with E-state index < -0.39 is 5.97 Å². The Hall–Kier alpha value is -1.58. The number of ether oxygens (including phenoxy) is 1. The van der Waals surface area contributed by atoms with Crippen LogP contribution in [-0.2, 0) is 14.3 Å². The van der Waals surface area contributed by atoms with Gasteiger partial charge in [-0.2, -0.15) is 0 Å². The molecule has 4 heteroatoms. The minimum Gasteiger partial charge on any atom is -0.481 e. The summed E-state index contributed by atoms with van der Waals surface area (Å²) in [6.07, 6.45) is 44.6. The lowest BCUT2D eigenvalue weighted by molar-refractivity contribution is -0.148. The monoisotopic (exact) mass is 605 g/mol. The van der Waals surface area contributed by atoms with E-state index >= 15 is 0 Å². The molecule has 43 heavy (non-hydrogen) atoms. The van der Waals surface area contributed by atoms with E-state index in [9.17, 15) is 9.59 Å². The minimum absolute atomic E-state index is 0.00793. The lowest BCUT2D eigenvalue weighted by Gasteiger charge is -2.13.